The molecule has 2 N–H and O–H groups in total. The van der Waals surface area contributed by atoms with Crippen molar-refractivity contribution in [2.45, 2.75) is 44.9 Å². The molecule has 1 saturated carbocycles. The van der Waals surface area contributed by atoms with E-state index in [1.165, 1.54) is 24.2 Å². The lowest BCUT2D eigenvalue weighted by atomic mass is 10.1. The minimum atomic E-state index is -0.134. The quantitative estimate of drug-likeness (QED) is 0.528. The second kappa shape index (κ2) is 10.3. The van der Waals surface area contributed by atoms with Crippen LogP contribution in [0.15, 0.2) is 66.0 Å². The van der Waals surface area contributed by atoms with Gasteiger partial charge in [-0.05, 0) is 60.9 Å². The highest BCUT2D eigenvalue weighted by Gasteiger charge is 2.18. The number of hydrogen-bond donors (Lipinski definition) is 2. The number of benzene rings is 2. The van der Waals surface area contributed by atoms with Crippen LogP contribution in [0.5, 0.6) is 5.75 Å². The van der Waals surface area contributed by atoms with Crippen LogP contribution in [-0.4, -0.2) is 17.9 Å². The predicted molar refractivity (Wildman–Crippen MR) is 122 cm³/mol. The van der Waals surface area contributed by atoms with Gasteiger partial charge in [-0.2, -0.15) is 0 Å². The van der Waals surface area contributed by atoms with Crippen molar-refractivity contribution in [3.05, 3.63) is 87.6 Å². The van der Waals surface area contributed by atoms with E-state index in [1.54, 1.807) is 18.2 Å². The van der Waals surface area contributed by atoms with Crippen LogP contribution in [0.4, 0.5) is 0 Å². The van der Waals surface area contributed by atoms with E-state index in [4.69, 9.17) is 4.74 Å². The van der Waals surface area contributed by atoms with Gasteiger partial charge in [0, 0.05) is 24.2 Å². The molecule has 160 valence electrons. The molecule has 0 bridgehead atoms. The number of ether oxygens (including phenoxy) is 1. The molecule has 1 aliphatic carbocycles. The molecule has 0 unspecified atom stereocenters. The van der Waals surface area contributed by atoms with Gasteiger partial charge in [0.1, 0.15) is 5.75 Å². The van der Waals surface area contributed by atoms with Crippen molar-refractivity contribution in [1.29, 1.82) is 0 Å². The number of rotatable bonds is 8. The summed E-state index contributed by atoms with van der Waals surface area (Å²) in [5, 5.41) is 7.75. The van der Waals surface area contributed by atoms with Crippen LogP contribution in [0.1, 0.15) is 56.8 Å². The summed E-state index contributed by atoms with van der Waals surface area (Å²) < 4.78 is 6.15. The maximum atomic E-state index is 12.6. The maximum absolute atomic E-state index is 12.6. The Balaban J connectivity index is 1.29. The second-order valence-electron chi connectivity index (χ2n) is 7.67. The molecule has 0 saturated heterocycles. The number of thiophene rings is 1. The Morgan fingerprint density at radius 3 is 2.35 bits per heavy atom. The van der Waals surface area contributed by atoms with E-state index in [0.717, 1.165) is 29.7 Å². The Morgan fingerprint density at radius 2 is 1.61 bits per heavy atom. The third-order valence-corrected chi connectivity index (χ3v) is 6.29. The third kappa shape index (κ3) is 5.73. The standard InChI is InChI=1S/C25H26N2O3S/c28-24(27-17-20-6-1-4-9-22(20)30-21-7-2-3-8-21)19-13-11-18(12-14-19)16-26-25(29)23-10-5-15-31-23/h1,4-6,9-15,21H,2-3,7-8,16-17H2,(H,26,29)(H,27,28). The molecule has 0 radical (unpaired) electrons. The fraction of sp³-hybridized carbons (Fsp3) is 0.280. The van der Waals surface area contributed by atoms with Crippen LogP contribution in [0, 0.1) is 0 Å². The molecular formula is C25H26N2O3S. The van der Waals surface area contributed by atoms with Crippen LogP contribution in [0.25, 0.3) is 0 Å². The number of hydrogen-bond acceptors (Lipinski definition) is 4. The molecule has 1 aliphatic rings. The monoisotopic (exact) mass is 434 g/mol. The topological polar surface area (TPSA) is 67.4 Å². The molecule has 0 aliphatic heterocycles. The summed E-state index contributed by atoms with van der Waals surface area (Å²) in [5.74, 6) is 0.631. The van der Waals surface area contributed by atoms with Gasteiger partial charge in [-0.3, -0.25) is 9.59 Å². The molecule has 6 heteroatoms. The van der Waals surface area contributed by atoms with E-state index in [9.17, 15) is 9.59 Å². The fourth-order valence-corrected chi connectivity index (χ4v) is 4.32. The minimum Gasteiger partial charge on any atom is -0.490 e. The molecule has 1 aromatic heterocycles. The lowest BCUT2D eigenvalue weighted by molar-refractivity contribution is 0.0943. The first kappa shape index (κ1) is 21.1. The Kier molecular flexibility index (Phi) is 6.99. The Labute approximate surface area is 186 Å². The fourth-order valence-electron chi connectivity index (χ4n) is 3.68. The smallest absolute Gasteiger partial charge is 0.261 e. The summed E-state index contributed by atoms with van der Waals surface area (Å²) in [6.45, 7) is 0.838. The summed E-state index contributed by atoms with van der Waals surface area (Å²) >= 11 is 1.41. The van der Waals surface area contributed by atoms with Gasteiger partial charge >= 0.3 is 0 Å². The van der Waals surface area contributed by atoms with Crippen LogP contribution in [0.2, 0.25) is 0 Å². The SMILES string of the molecule is O=C(NCc1ccccc1OC1CCCC1)c1ccc(CNC(=O)c2cccs2)cc1. The van der Waals surface area contributed by atoms with E-state index >= 15 is 0 Å². The van der Waals surface area contributed by atoms with Crippen molar-refractivity contribution in [3.63, 3.8) is 0 Å². The maximum Gasteiger partial charge on any atom is 0.261 e. The number of carbonyl (C=O) groups excluding carboxylic acids is 2. The van der Waals surface area contributed by atoms with Gasteiger partial charge in [-0.15, -0.1) is 11.3 Å². The van der Waals surface area contributed by atoms with Crippen LogP contribution in [0.3, 0.4) is 0 Å². The molecule has 1 heterocycles. The largest absolute Gasteiger partial charge is 0.490 e. The van der Waals surface area contributed by atoms with E-state index in [0.29, 0.717) is 23.5 Å². The van der Waals surface area contributed by atoms with Crippen molar-refractivity contribution >= 4 is 23.2 Å². The lowest BCUT2D eigenvalue weighted by Crippen LogP contribution is -2.24. The van der Waals surface area contributed by atoms with Crippen LogP contribution in [-0.2, 0) is 13.1 Å². The molecule has 4 rings (SSSR count). The van der Waals surface area contributed by atoms with Crippen molar-refractivity contribution in [3.8, 4) is 5.75 Å². The van der Waals surface area contributed by atoms with Gasteiger partial charge in [-0.25, -0.2) is 0 Å². The minimum absolute atomic E-state index is 0.0877. The number of nitrogens with one attached hydrogen (secondary N) is 2. The summed E-state index contributed by atoms with van der Waals surface area (Å²) in [7, 11) is 0. The molecule has 3 aromatic rings. The van der Waals surface area contributed by atoms with Gasteiger partial charge in [0.15, 0.2) is 0 Å². The normalized spacial score (nSPS) is 13.7. The zero-order chi connectivity index (χ0) is 21.5. The molecule has 2 amide bonds. The number of amides is 2. The van der Waals surface area contributed by atoms with Gasteiger partial charge in [-0.1, -0.05) is 36.4 Å². The van der Waals surface area contributed by atoms with Gasteiger partial charge in [0.2, 0.25) is 0 Å². The molecule has 2 aromatic carbocycles. The highest BCUT2D eigenvalue weighted by Crippen LogP contribution is 2.26. The first-order valence-electron chi connectivity index (χ1n) is 10.6. The first-order chi connectivity index (χ1) is 15.2. The van der Waals surface area contributed by atoms with Gasteiger partial charge < -0.3 is 15.4 Å². The van der Waals surface area contributed by atoms with E-state index in [1.807, 2.05) is 47.8 Å². The number of para-hydroxylation sites is 1. The summed E-state index contributed by atoms with van der Waals surface area (Å²) in [6.07, 6.45) is 4.92. The summed E-state index contributed by atoms with van der Waals surface area (Å²) in [6, 6.07) is 18.8. The Morgan fingerprint density at radius 1 is 0.871 bits per heavy atom. The van der Waals surface area contributed by atoms with Crippen molar-refractivity contribution < 1.29 is 14.3 Å². The van der Waals surface area contributed by atoms with Crippen molar-refractivity contribution in [2.75, 3.05) is 0 Å². The predicted octanol–water partition coefficient (Wildman–Crippen LogP) is 4.93. The average Bonchev–Trinajstić information content (AvgIpc) is 3.51. The van der Waals surface area contributed by atoms with Crippen LogP contribution < -0.4 is 15.4 Å². The van der Waals surface area contributed by atoms with E-state index < -0.39 is 0 Å². The van der Waals surface area contributed by atoms with E-state index in [2.05, 4.69) is 10.6 Å². The van der Waals surface area contributed by atoms with E-state index in [-0.39, 0.29) is 17.9 Å². The Hall–Kier alpha value is -3.12. The second-order valence-corrected chi connectivity index (χ2v) is 8.62. The van der Waals surface area contributed by atoms with Gasteiger partial charge in [0.05, 0.1) is 11.0 Å². The molecule has 31 heavy (non-hydrogen) atoms. The Bertz CT molecular complexity index is 1010. The third-order valence-electron chi connectivity index (χ3n) is 5.42. The zero-order valence-corrected chi connectivity index (χ0v) is 18.1. The summed E-state index contributed by atoms with van der Waals surface area (Å²) in [4.78, 5) is 25.3. The van der Waals surface area contributed by atoms with Gasteiger partial charge in [0.25, 0.3) is 11.8 Å². The molecule has 0 spiro atoms. The summed E-state index contributed by atoms with van der Waals surface area (Å²) in [5.41, 5.74) is 2.51. The molecule has 1 fully saturated rings. The first-order valence-corrected chi connectivity index (χ1v) is 11.5. The highest BCUT2D eigenvalue weighted by atomic mass is 32.1. The zero-order valence-electron chi connectivity index (χ0n) is 17.3. The van der Waals surface area contributed by atoms with Crippen LogP contribution >= 0.6 is 11.3 Å². The molecule has 5 nitrogen and oxygen atoms in total. The number of carbonyl (C=O) groups is 2. The average molecular weight is 435 g/mol. The van der Waals surface area contributed by atoms with Crippen molar-refractivity contribution in [1.82, 2.24) is 10.6 Å². The lowest BCUT2D eigenvalue weighted by Gasteiger charge is -2.17. The molecule has 0 atom stereocenters. The van der Waals surface area contributed by atoms with Crippen molar-refractivity contribution in [2.24, 2.45) is 0 Å². The molecular weight excluding hydrogens is 408 g/mol. The highest BCUT2D eigenvalue weighted by molar-refractivity contribution is 7.12.